The van der Waals surface area contributed by atoms with Crippen molar-refractivity contribution in [2.75, 3.05) is 12.9 Å². The predicted octanol–water partition coefficient (Wildman–Crippen LogP) is 4.48. The third-order valence-corrected chi connectivity index (χ3v) is 6.27. The van der Waals surface area contributed by atoms with Crippen LogP contribution in [0.1, 0.15) is 10.4 Å². The molecule has 7 nitrogen and oxygen atoms in total. The van der Waals surface area contributed by atoms with Gasteiger partial charge in [-0.25, -0.2) is 9.78 Å². The topological polar surface area (TPSA) is 91.4 Å². The lowest BCUT2D eigenvalue weighted by molar-refractivity contribution is 0.101. The van der Waals surface area contributed by atoms with Crippen molar-refractivity contribution in [3.8, 4) is 11.4 Å². The number of carbonyl (C=O) groups excluding carboxylic acids is 1. The Morgan fingerprint density at radius 2 is 1.76 bits per heavy atom. The van der Waals surface area contributed by atoms with Crippen molar-refractivity contribution in [2.45, 2.75) is 5.16 Å². The molecule has 8 heteroatoms. The van der Waals surface area contributed by atoms with Gasteiger partial charge in [-0.15, -0.1) is 0 Å². The van der Waals surface area contributed by atoms with Gasteiger partial charge >= 0.3 is 5.63 Å². The number of carbonyl (C=O) groups is 1. The lowest BCUT2D eigenvalue weighted by atomic mass is 10.1. The molecule has 0 spiro atoms. The standard InChI is InChI=1S/C26H18N2O5S/c1-32-18-12-11-16-13-20(25(31)33-23(16)14-18)22(29)15-34-26-27-21-10-6-5-9-19(21)24(30)28(26)17-7-3-2-4-8-17/h2-14H,15H2,1H3. The van der Waals surface area contributed by atoms with Gasteiger partial charge in [0.05, 0.1) is 29.5 Å². The molecule has 3 aromatic carbocycles. The summed E-state index contributed by atoms with van der Waals surface area (Å²) in [6.07, 6.45) is 0. The van der Waals surface area contributed by atoms with Crippen LogP contribution >= 0.6 is 11.8 Å². The van der Waals surface area contributed by atoms with Gasteiger partial charge in [0.2, 0.25) is 0 Å². The summed E-state index contributed by atoms with van der Waals surface area (Å²) in [5.41, 5.74) is 0.500. The minimum atomic E-state index is -0.724. The van der Waals surface area contributed by atoms with E-state index in [-0.39, 0.29) is 16.9 Å². The summed E-state index contributed by atoms with van der Waals surface area (Å²) in [6, 6.07) is 22.7. The van der Waals surface area contributed by atoms with E-state index in [9.17, 15) is 14.4 Å². The molecule has 168 valence electrons. The van der Waals surface area contributed by atoms with Gasteiger partial charge in [0.15, 0.2) is 10.9 Å². The zero-order valence-electron chi connectivity index (χ0n) is 18.1. The molecular formula is C26H18N2O5S. The Labute approximate surface area is 197 Å². The summed E-state index contributed by atoms with van der Waals surface area (Å²) in [7, 11) is 1.52. The van der Waals surface area contributed by atoms with E-state index in [0.717, 1.165) is 11.8 Å². The number of ether oxygens (including phenoxy) is 1. The highest BCUT2D eigenvalue weighted by Crippen LogP contribution is 2.24. The van der Waals surface area contributed by atoms with Gasteiger partial charge in [0.25, 0.3) is 5.56 Å². The Bertz CT molecular complexity index is 1660. The fourth-order valence-electron chi connectivity index (χ4n) is 3.63. The van der Waals surface area contributed by atoms with Gasteiger partial charge in [-0.2, -0.15) is 0 Å². The Morgan fingerprint density at radius 3 is 2.56 bits per heavy atom. The molecule has 0 fully saturated rings. The number of Topliss-reactive ketones (excluding diaryl/α,β-unsaturated/α-hetero) is 1. The largest absolute Gasteiger partial charge is 0.497 e. The van der Waals surface area contributed by atoms with Gasteiger partial charge in [-0.05, 0) is 42.5 Å². The molecule has 5 aromatic rings. The molecule has 0 aliphatic heterocycles. The van der Waals surface area contributed by atoms with E-state index in [2.05, 4.69) is 4.98 Å². The molecule has 0 atom stereocenters. The van der Waals surface area contributed by atoms with Crippen molar-refractivity contribution in [1.29, 1.82) is 0 Å². The van der Waals surface area contributed by atoms with E-state index in [0.29, 0.717) is 38.5 Å². The van der Waals surface area contributed by atoms with Crippen LogP contribution in [0.25, 0.3) is 27.6 Å². The SMILES string of the molecule is COc1ccc2cc(C(=O)CSc3nc4ccccc4c(=O)n3-c3ccccc3)c(=O)oc2c1. The summed E-state index contributed by atoms with van der Waals surface area (Å²) in [4.78, 5) is 43.4. The van der Waals surface area contributed by atoms with E-state index in [1.807, 2.05) is 18.2 Å². The third kappa shape index (κ3) is 3.99. The van der Waals surface area contributed by atoms with Crippen LogP contribution in [0.2, 0.25) is 0 Å². The lowest BCUT2D eigenvalue weighted by Gasteiger charge is -2.13. The number of nitrogens with zero attached hydrogens (tertiary/aromatic N) is 2. The zero-order valence-corrected chi connectivity index (χ0v) is 18.9. The number of hydrogen-bond donors (Lipinski definition) is 0. The fourth-order valence-corrected chi connectivity index (χ4v) is 4.53. The highest BCUT2D eigenvalue weighted by Gasteiger charge is 2.18. The van der Waals surface area contributed by atoms with Crippen LogP contribution in [0.5, 0.6) is 5.75 Å². The number of thioether (sulfide) groups is 1. The Kier molecular flexibility index (Phi) is 5.73. The Hall–Kier alpha value is -4.17. The second-order valence-electron chi connectivity index (χ2n) is 7.45. The first-order valence-electron chi connectivity index (χ1n) is 10.4. The first-order chi connectivity index (χ1) is 16.5. The summed E-state index contributed by atoms with van der Waals surface area (Å²) in [5.74, 6) is 0.0364. The quantitative estimate of drug-likeness (QED) is 0.156. The Morgan fingerprint density at radius 1 is 1.00 bits per heavy atom. The molecule has 0 radical (unpaired) electrons. The van der Waals surface area contributed by atoms with Crippen molar-refractivity contribution < 1.29 is 13.9 Å². The second kappa shape index (κ2) is 8.99. The molecule has 0 N–H and O–H groups in total. The van der Waals surface area contributed by atoms with Crippen LogP contribution in [-0.2, 0) is 0 Å². The van der Waals surface area contributed by atoms with Gasteiger partial charge in [0, 0.05) is 11.5 Å². The third-order valence-electron chi connectivity index (χ3n) is 5.34. The normalized spacial score (nSPS) is 11.1. The number of para-hydroxylation sites is 2. The van der Waals surface area contributed by atoms with Crippen molar-refractivity contribution in [3.63, 3.8) is 0 Å². The van der Waals surface area contributed by atoms with Crippen molar-refractivity contribution in [1.82, 2.24) is 9.55 Å². The number of ketones is 1. The molecule has 2 heterocycles. The molecule has 0 amide bonds. The van der Waals surface area contributed by atoms with Crippen molar-refractivity contribution >= 4 is 39.4 Å². The van der Waals surface area contributed by atoms with Gasteiger partial charge in [-0.1, -0.05) is 42.1 Å². The van der Waals surface area contributed by atoms with Gasteiger partial charge in [-0.3, -0.25) is 14.2 Å². The van der Waals surface area contributed by atoms with Crippen LogP contribution in [0.3, 0.4) is 0 Å². The van der Waals surface area contributed by atoms with E-state index in [1.54, 1.807) is 54.6 Å². The molecule has 0 saturated carbocycles. The molecule has 5 rings (SSSR count). The molecule has 34 heavy (non-hydrogen) atoms. The van der Waals surface area contributed by atoms with Crippen LogP contribution in [0.15, 0.2) is 98.0 Å². The lowest BCUT2D eigenvalue weighted by Crippen LogP contribution is -2.22. The van der Waals surface area contributed by atoms with E-state index in [1.165, 1.54) is 17.7 Å². The molecular weight excluding hydrogens is 452 g/mol. The number of benzene rings is 3. The number of hydrogen-bond acceptors (Lipinski definition) is 7. The number of fused-ring (bicyclic) bond motifs is 2. The van der Waals surface area contributed by atoms with E-state index in [4.69, 9.17) is 9.15 Å². The van der Waals surface area contributed by atoms with E-state index < -0.39 is 11.4 Å². The summed E-state index contributed by atoms with van der Waals surface area (Å²) >= 11 is 1.10. The van der Waals surface area contributed by atoms with Crippen LogP contribution in [-0.4, -0.2) is 28.2 Å². The first kappa shape index (κ1) is 21.7. The fraction of sp³-hybridized carbons (Fsp3) is 0.0769. The molecule has 2 aromatic heterocycles. The summed E-state index contributed by atoms with van der Waals surface area (Å²) in [6.45, 7) is 0. The van der Waals surface area contributed by atoms with Crippen LogP contribution < -0.4 is 15.9 Å². The highest BCUT2D eigenvalue weighted by molar-refractivity contribution is 7.99. The maximum atomic E-state index is 13.3. The Balaban J connectivity index is 1.52. The first-order valence-corrected chi connectivity index (χ1v) is 11.4. The number of rotatable bonds is 6. The van der Waals surface area contributed by atoms with Gasteiger partial charge in [0.1, 0.15) is 16.9 Å². The average molecular weight is 471 g/mol. The van der Waals surface area contributed by atoms with Crippen LogP contribution in [0, 0.1) is 0 Å². The molecule has 0 unspecified atom stereocenters. The van der Waals surface area contributed by atoms with Crippen LogP contribution in [0.4, 0.5) is 0 Å². The minimum absolute atomic E-state index is 0.0560. The molecule has 0 aliphatic carbocycles. The smallest absolute Gasteiger partial charge is 0.347 e. The second-order valence-corrected chi connectivity index (χ2v) is 8.39. The average Bonchev–Trinajstić information content (AvgIpc) is 2.87. The zero-order chi connectivity index (χ0) is 23.7. The maximum Gasteiger partial charge on any atom is 0.347 e. The summed E-state index contributed by atoms with van der Waals surface area (Å²) < 4.78 is 12.0. The monoisotopic (exact) mass is 470 g/mol. The summed E-state index contributed by atoms with van der Waals surface area (Å²) in [5, 5.41) is 1.45. The minimum Gasteiger partial charge on any atom is -0.497 e. The predicted molar refractivity (Wildman–Crippen MR) is 131 cm³/mol. The van der Waals surface area contributed by atoms with E-state index >= 15 is 0 Å². The van der Waals surface area contributed by atoms with Crippen molar-refractivity contribution in [2.24, 2.45) is 0 Å². The number of aromatic nitrogens is 2. The molecule has 0 bridgehead atoms. The van der Waals surface area contributed by atoms with Crippen molar-refractivity contribution in [3.05, 3.63) is 105 Å². The number of methoxy groups -OCH3 is 1. The molecule has 0 saturated heterocycles. The highest BCUT2D eigenvalue weighted by atomic mass is 32.2. The van der Waals surface area contributed by atoms with Gasteiger partial charge < -0.3 is 9.15 Å². The molecule has 0 aliphatic rings. The maximum absolute atomic E-state index is 13.3.